The number of aliphatic hydroxyl groups excluding tert-OH is 1. The van der Waals surface area contributed by atoms with Crippen LogP contribution in [0.2, 0.25) is 0 Å². The van der Waals surface area contributed by atoms with Crippen LogP contribution < -0.4 is 0 Å². The molecule has 1 aliphatic rings. The third kappa shape index (κ3) is 2.39. The normalized spacial score (nSPS) is 18.1. The van der Waals surface area contributed by atoms with E-state index in [1.165, 1.54) is 16.7 Å². The Morgan fingerprint density at radius 3 is 2.55 bits per heavy atom. The van der Waals surface area contributed by atoms with Crippen LogP contribution in [0.1, 0.15) is 22.7 Å². The van der Waals surface area contributed by atoms with Crippen molar-refractivity contribution in [3.63, 3.8) is 0 Å². The Balaban J connectivity index is 1.87. The van der Waals surface area contributed by atoms with Crippen molar-refractivity contribution >= 4 is 6.02 Å². The molecule has 20 heavy (non-hydrogen) atoms. The highest BCUT2D eigenvalue weighted by atomic mass is 16.3. The Labute approximate surface area is 119 Å². The topological polar surface area (TPSA) is 35.8 Å². The third-order valence-corrected chi connectivity index (χ3v) is 3.78. The number of aliphatic imine (C=N–C) groups is 1. The number of nitrogens with zero attached hydrogens (tertiary/aromatic N) is 2. The van der Waals surface area contributed by atoms with Crippen molar-refractivity contribution in [1.82, 2.24) is 4.90 Å². The number of hydrogen-bond donors (Lipinski definition) is 1. The minimum absolute atomic E-state index is 0.122. The Hall–Kier alpha value is -2.29. The van der Waals surface area contributed by atoms with E-state index < -0.39 is 0 Å². The lowest BCUT2D eigenvalue weighted by atomic mass is 10.0. The first-order valence-corrected chi connectivity index (χ1v) is 6.85. The van der Waals surface area contributed by atoms with Gasteiger partial charge in [0.15, 0.2) is 0 Å². The lowest BCUT2D eigenvalue weighted by Gasteiger charge is -2.26. The van der Waals surface area contributed by atoms with Crippen LogP contribution in [0, 0.1) is 6.92 Å². The number of amidine groups is 1. The van der Waals surface area contributed by atoms with E-state index in [9.17, 15) is 5.11 Å². The van der Waals surface area contributed by atoms with Crippen molar-refractivity contribution in [1.29, 1.82) is 0 Å². The molecule has 0 bridgehead atoms. The van der Waals surface area contributed by atoms with E-state index in [1.54, 1.807) is 0 Å². The molecule has 0 amide bonds. The van der Waals surface area contributed by atoms with Crippen molar-refractivity contribution in [2.24, 2.45) is 4.99 Å². The average Bonchev–Trinajstić information content (AvgIpc) is 2.82. The van der Waals surface area contributed by atoms with E-state index >= 15 is 0 Å². The molecule has 3 rings (SSSR count). The van der Waals surface area contributed by atoms with Crippen LogP contribution in [-0.4, -0.2) is 22.6 Å². The standard InChI is InChI=1S/C17H18N2O/c1-13-7-5-6-10-15(13)16-11-18-17(20)19(16)12-14-8-3-2-4-9-14/h2-10,16H,11-12H2,1H3,(H,18,20). The predicted octanol–water partition coefficient (Wildman–Crippen LogP) is 3.47. The zero-order valence-electron chi connectivity index (χ0n) is 11.5. The highest BCUT2D eigenvalue weighted by Crippen LogP contribution is 2.29. The van der Waals surface area contributed by atoms with Crippen LogP contribution in [0.25, 0.3) is 0 Å². The fraction of sp³-hybridized carbons (Fsp3) is 0.235. The summed E-state index contributed by atoms with van der Waals surface area (Å²) in [5.41, 5.74) is 3.64. The maximum atomic E-state index is 10.0. The fourth-order valence-corrected chi connectivity index (χ4v) is 2.68. The molecular weight excluding hydrogens is 248 g/mol. The molecule has 3 heteroatoms. The number of aryl methyl sites for hydroxylation is 1. The van der Waals surface area contributed by atoms with E-state index in [1.807, 2.05) is 35.2 Å². The van der Waals surface area contributed by atoms with Gasteiger partial charge in [-0.25, -0.2) is 4.99 Å². The summed E-state index contributed by atoms with van der Waals surface area (Å²) in [6.45, 7) is 3.39. The van der Waals surface area contributed by atoms with Crippen LogP contribution in [-0.2, 0) is 6.54 Å². The van der Waals surface area contributed by atoms with Gasteiger partial charge in [-0.15, -0.1) is 0 Å². The molecule has 0 fully saturated rings. The maximum Gasteiger partial charge on any atom is 0.285 e. The van der Waals surface area contributed by atoms with Crippen LogP contribution in [0.5, 0.6) is 0 Å². The second kappa shape index (κ2) is 5.37. The molecule has 2 aromatic carbocycles. The smallest absolute Gasteiger partial charge is 0.285 e. The van der Waals surface area contributed by atoms with Crippen molar-refractivity contribution < 1.29 is 5.11 Å². The molecule has 1 N–H and O–H groups in total. The monoisotopic (exact) mass is 266 g/mol. The third-order valence-electron chi connectivity index (χ3n) is 3.78. The number of benzene rings is 2. The molecule has 0 aliphatic carbocycles. The second-order valence-electron chi connectivity index (χ2n) is 5.13. The van der Waals surface area contributed by atoms with Crippen molar-refractivity contribution in [3.8, 4) is 0 Å². The van der Waals surface area contributed by atoms with E-state index in [2.05, 4.69) is 36.2 Å². The maximum absolute atomic E-state index is 10.0. The minimum Gasteiger partial charge on any atom is -0.481 e. The van der Waals surface area contributed by atoms with E-state index in [-0.39, 0.29) is 12.1 Å². The van der Waals surface area contributed by atoms with Gasteiger partial charge in [0.05, 0.1) is 12.6 Å². The van der Waals surface area contributed by atoms with Crippen LogP contribution in [0.15, 0.2) is 59.6 Å². The van der Waals surface area contributed by atoms with Gasteiger partial charge in [0, 0.05) is 6.54 Å². The number of hydrogen-bond acceptors (Lipinski definition) is 2. The highest BCUT2D eigenvalue weighted by Gasteiger charge is 2.29. The van der Waals surface area contributed by atoms with E-state index in [4.69, 9.17) is 0 Å². The van der Waals surface area contributed by atoms with Crippen molar-refractivity contribution in [2.45, 2.75) is 19.5 Å². The highest BCUT2D eigenvalue weighted by molar-refractivity contribution is 5.74. The molecular formula is C17H18N2O. The van der Waals surface area contributed by atoms with Gasteiger partial charge in [-0.05, 0) is 23.6 Å². The van der Waals surface area contributed by atoms with Gasteiger partial charge in [0.1, 0.15) is 0 Å². The molecule has 0 aromatic heterocycles. The number of aliphatic hydroxyl groups is 1. The quantitative estimate of drug-likeness (QED) is 0.923. The van der Waals surface area contributed by atoms with Gasteiger partial charge in [-0.1, -0.05) is 54.6 Å². The van der Waals surface area contributed by atoms with E-state index in [0.717, 1.165) is 0 Å². The molecule has 1 heterocycles. The molecule has 2 aromatic rings. The van der Waals surface area contributed by atoms with E-state index in [0.29, 0.717) is 13.1 Å². The summed E-state index contributed by atoms with van der Waals surface area (Å²) in [6, 6.07) is 18.7. The van der Waals surface area contributed by atoms with Gasteiger partial charge in [0.2, 0.25) is 0 Å². The molecule has 1 atom stereocenters. The van der Waals surface area contributed by atoms with Gasteiger partial charge < -0.3 is 10.0 Å². The average molecular weight is 266 g/mol. The largest absolute Gasteiger partial charge is 0.481 e. The summed E-state index contributed by atoms with van der Waals surface area (Å²) in [5, 5.41) is 10.0. The SMILES string of the molecule is Cc1ccccc1C1CN=C(O)N1Cc1ccccc1. The lowest BCUT2D eigenvalue weighted by molar-refractivity contribution is 0.288. The van der Waals surface area contributed by atoms with Crippen LogP contribution >= 0.6 is 0 Å². The van der Waals surface area contributed by atoms with Gasteiger partial charge in [0.25, 0.3) is 6.02 Å². The second-order valence-corrected chi connectivity index (χ2v) is 5.13. The lowest BCUT2D eigenvalue weighted by Crippen LogP contribution is -2.30. The summed E-state index contributed by atoms with van der Waals surface area (Å²) < 4.78 is 0. The zero-order chi connectivity index (χ0) is 13.9. The Morgan fingerprint density at radius 1 is 1.10 bits per heavy atom. The summed E-state index contributed by atoms with van der Waals surface area (Å²) >= 11 is 0. The first-order valence-electron chi connectivity index (χ1n) is 6.85. The first-order chi connectivity index (χ1) is 9.75. The summed E-state index contributed by atoms with van der Waals surface area (Å²) in [7, 11) is 0. The van der Waals surface area contributed by atoms with Crippen molar-refractivity contribution in [2.75, 3.05) is 6.54 Å². The Kier molecular flexibility index (Phi) is 3.42. The van der Waals surface area contributed by atoms with Gasteiger partial charge in [-0.2, -0.15) is 0 Å². The molecule has 0 spiro atoms. The van der Waals surface area contributed by atoms with Crippen LogP contribution in [0.3, 0.4) is 0 Å². The summed E-state index contributed by atoms with van der Waals surface area (Å²) in [5.74, 6) is 0. The first kappa shape index (κ1) is 12.7. The zero-order valence-corrected chi connectivity index (χ0v) is 11.5. The summed E-state index contributed by atoms with van der Waals surface area (Å²) in [4.78, 5) is 6.18. The minimum atomic E-state index is 0.122. The molecule has 0 saturated heterocycles. The Bertz CT molecular complexity index is 622. The Morgan fingerprint density at radius 2 is 1.80 bits per heavy atom. The van der Waals surface area contributed by atoms with Crippen LogP contribution in [0.4, 0.5) is 0 Å². The molecule has 1 unspecified atom stereocenters. The summed E-state index contributed by atoms with van der Waals surface area (Å²) in [6.07, 6.45) is 0. The molecule has 1 aliphatic heterocycles. The van der Waals surface area contributed by atoms with Gasteiger partial charge in [-0.3, -0.25) is 0 Å². The van der Waals surface area contributed by atoms with Crippen molar-refractivity contribution in [3.05, 3.63) is 71.3 Å². The molecule has 0 saturated carbocycles. The molecule has 0 radical (unpaired) electrons. The molecule has 3 nitrogen and oxygen atoms in total. The molecule has 102 valence electrons. The van der Waals surface area contributed by atoms with Gasteiger partial charge >= 0.3 is 0 Å². The number of rotatable bonds is 3. The fourth-order valence-electron chi connectivity index (χ4n) is 2.68. The predicted molar refractivity (Wildman–Crippen MR) is 80.8 cm³/mol.